The molecule has 2 aliphatic rings. The summed E-state index contributed by atoms with van der Waals surface area (Å²) in [6.07, 6.45) is 4.75. The number of carbonyl (C=O) groups is 2. The van der Waals surface area contributed by atoms with Crippen LogP contribution in [0.1, 0.15) is 31.0 Å². The fraction of sp³-hybridized carbons (Fsp3) is 0.200. The van der Waals surface area contributed by atoms with Crippen LogP contribution in [0.2, 0.25) is 0 Å². The molecule has 300 valence electrons. The zero-order valence-electron chi connectivity index (χ0n) is 32.5. The van der Waals surface area contributed by atoms with E-state index in [4.69, 9.17) is 10.5 Å². The van der Waals surface area contributed by atoms with E-state index in [1.807, 2.05) is 0 Å². The van der Waals surface area contributed by atoms with E-state index in [9.17, 15) is 51.2 Å². The molecule has 0 saturated carbocycles. The number of aromatic hydroxyl groups is 1. The molecule has 30 heteroatoms. The summed E-state index contributed by atoms with van der Waals surface area (Å²) in [6, 6.07) is 6.15. The van der Waals surface area contributed by atoms with Crippen molar-refractivity contribution in [2.24, 2.45) is 10.8 Å². The average molecular weight is 1010 g/mol. The molecule has 3 aromatic rings. The number of carbonyl (C=O) groups excluding carboxylic acids is 2. The van der Waals surface area contributed by atoms with Crippen LogP contribution in [-0.2, 0) is 53.3 Å². The molecular weight excluding hydrogens is 985 g/mol. The van der Waals surface area contributed by atoms with Crippen LogP contribution in [-0.4, -0.2) is 76.2 Å². The number of ether oxygens (including phenoxy) is 1. The molecule has 3 N–H and O–H groups in total. The number of benzene rings is 2. The van der Waals surface area contributed by atoms with Gasteiger partial charge in [-0.05, 0) is 81.0 Å². The SMILES string of the molecule is Cc1nn(-c2cc(SOO[O-])ccc2S(=O)(=O)[O-])c(O)c1C=CC(=C/C=C1\C(=O)N(c2cc(SOO[O-])ccc2S(=O)(=O)[O-])N=C1OC(C)N)N1CCCC1=O.[K+].[K+].[K+].[K+]. The smallest absolute Gasteiger partial charge is 0.744 e. The predicted molar refractivity (Wildman–Crippen MR) is 184 cm³/mol. The van der Waals surface area contributed by atoms with Gasteiger partial charge in [-0.1, -0.05) is 0 Å². The Balaban J connectivity index is 0.00000450. The van der Waals surface area contributed by atoms with Gasteiger partial charge in [0.25, 0.3) is 5.91 Å². The second-order valence-electron chi connectivity index (χ2n) is 11.3. The quantitative estimate of drug-likeness (QED) is 0.0209. The first-order valence-electron chi connectivity index (χ1n) is 15.5. The van der Waals surface area contributed by atoms with E-state index < -0.39 is 65.3 Å². The third-order valence-electron chi connectivity index (χ3n) is 7.62. The monoisotopic (exact) mass is 1010 g/mol. The number of aromatic nitrogens is 2. The number of hydrogen-bond acceptors (Lipinski definition) is 21. The van der Waals surface area contributed by atoms with E-state index in [0.29, 0.717) is 35.5 Å². The third kappa shape index (κ3) is 15.5. The van der Waals surface area contributed by atoms with Crippen molar-refractivity contribution in [1.82, 2.24) is 14.7 Å². The maximum absolute atomic E-state index is 13.8. The number of nitrogens with two attached hydrogens (primary N) is 1. The molecule has 2 aromatic carbocycles. The predicted octanol–water partition coefficient (Wildman–Crippen LogP) is -11.7. The van der Waals surface area contributed by atoms with Gasteiger partial charge < -0.3 is 34.4 Å². The van der Waals surface area contributed by atoms with Crippen molar-refractivity contribution in [2.45, 2.75) is 52.5 Å². The van der Waals surface area contributed by atoms with E-state index in [1.54, 1.807) is 0 Å². The molecule has 2 amide bonds. The van der Waals surface area contributed by atoms with Crippen LogP contribution in [0.25, 0.3) is 11.8 Å². The molecule has 1 fully saturated rings. The van der Waals surface area contributed by atoms with E-state index in [-0.39, 0.29) is 257 Å². The summed E-state index contributed by atoms with van der Waals surface area (Å²) in [5.74, 6) is -2.37. The summed E-state index contributed by atoms with van der Waals surface area (Å²) in [5.41, 5.74) is 4.82. The van der Waals surface area contributed by atoms with Crippen molar-refractivity contribution in [3.05, 3.63) is 77.2 Å². The van der Waals surface area contributed by atoms with Crippen LogP contribution in [0.4, 0.5) is 5.69 Å². The van der Waals surface area contributed by atoms with Crippen molar-refractivity contribution in [3.63, 3.8) is 0 Å². The van der Waals surface area contributed by atoms with Gasteiger partial charge in [-0.2, -0.15) is 23.5 Å². The van der Waals surface area contributed by atoms with Crippen LogP contribution in [0.5, 0.6) is 5.88 Å². The second-order valence-corrected chi connectivity index (χ2v) is 15.6. The van der Waals surface area contributed by atoms with Crippen LogP contribution >= 0.6 is 24.1 Å². The summed E-state index contributed by atoms with van der Waals surface area (Å²) in [7, 11) is -10.3. The Morgan fingerprint density at radius 2 is 1.48 bits per heavy atom. The number of aryl methyl sites for hydroxylation is 1. The number of rotatable bonds is 15. The minimum atomic E-state index is -5.21. The number of amides is 2. The molecule has 5 rings (SSSR count). The Hall–Kier alpha value is 1.87. The normalized spacial score (nSPS) is 15.7. The van der Waals surface area contributed by atoms with E-state index in [0.717, 1.165) is 41.1 Å². The topological polar surface area (TPSA) is 324 Å². The van der Waals surface area contributed by atoms with Gasteiger partial charge in [-0.15, -0.1) is 5.10 Å². The molecule has 0 aliphatic carbocycles. The van der Waals surface area contributed by atoms with Crippen LogP contribution in [0, 0.1) is 6.92 Å². The van der Waals surface area contributed by atoms with E-state index in [2.05, 4.69) is 28.9 Å². The number of nitrogens with zero attached hydrogens (tertiary/aromatic N) is 5. The van der Waals surface area contributed by atoms with Crippen molar-refractivity contribution in [2.75, 3.05) is 11.6 Å². The minimum Gasteiger partial charge on any atom is -0.744 e. The molecular formula is C30H26K4N6O16S4. The molecule has 0 spiro atoms. The number of likely N-dealkylation sites (tertiary alicyclic amines) is 1. The van der Waals surface area contributed by atoms with Crippen molar-refractivity contribution >= 4 is 73.8 Å². The third-order valence-corrected chi connectivity index (χ3v) is 10.5. The molecule has 1 atom stereocenters. The average Bonchev–Trinajstić information content (AvgIpc) is 3.78. The molecule has 2 aliphatic heterocycles. The van der Waals surface area contributed by atoms with Crippen molar-refractivity contribution in [3.8, 4) is 11.6 Å². The van der Waals surface area contributed by atoms with Crippen LogP contribution in [0.3, 0.4) is 0 Å². The fourth-order valence-electron chi connectivity index (χ4n) is 5.31. The van der Waals surface area contributed by atoms with Gasteiger partial charge in [0.2, 0.25) is 17.7 Å². The number of hydrazone groups is 1. The Morgan fingerprint density at radius 1 is 0.933 bits per heavy atom. The van der Waals surface area contributed by atoms with Crippen molar-refractivity contribution in [1.29, 1.82) is 0 Å². The van der Waals surface area contributed by atoms with Crippen LogP contribution in [0.15, 0.2) is 90.6 Å². The summed E-state index contributed by atoms with van der Waals surface area (Å²) in [6.45, 7) is 3.08. The molecule has 1 aromatic heterocycles. The fourth-order valence-corrected chi connectivity index (χ4v) is 7.36. The molecule has 1 saturated heterocycles. The molecule has 3 heterocycles. The molecule has 22 nitrogen and oxygen atoms in total. The molecule has 60 heavy (non-hydrogen) atoms. The summed E-state index contributed by atoms with van der Waals surface area (Å²) in [5, 5.41) is 47.3. The Labute approximate surface area is 521 Å². The van der Waals surface area contributed by atoms with Gasteiger partial charge in [0.1, 0.15) is 32.0 Å². The first-order valence-corrected chi connectivity index (χ1v) is 19.8. The maximum atomic E-state index is 13.8. The van der Waals surface area contributed by atoms with Gasteiger partial charge >= 0.3 is 206 Å². The number of allylic oxidation sites excluding steroid dienone is 3. The molecule has 0 radical (unpaired) electrons. The van der Waals surface area contributed by atoms with Gasteiger partial charge in [-0.25, -0.2) is 16.8 Å². The molecule has 0 bridgehead atoms. The van der Waals surface area contributed by atoms with Gasteiger partial charge in [0, 0.05) is 28.5 Å². The Bertz CT molecular complexity index is 2400. The van der Waals surface area contributed by atoms with Gasteiger partial charge in [-0.3, -0.25) is 25.4 Å². The first kappa shape index (κ1) is 59.9. The standard InChI is InChI=1S/C30H30N6O16S4.4K/c1-16-21(29(38)35(32-16)23-14-19(53-51-49-40)7-11-25(23)55(42,43)44)9-5-18(34-13-3-4-27(34)37)6-10-22-28(48-17(2)31)33-36(30(22)39)24-15-20(54-52-50-41)8-12-26(24)56(45,46)47;;;;/h5-12,14-15,17,38,40-41H,3-4,13,31H2,1-2H3,(H,42,43,44)(H,45,46,47);;;;/q;4*+1/p-4/b9-5?,18-6?,22-10-;;;;. The maximum Gasteiger partial charge on any atom is 1.00 e. The second kappa shape index (κ2) is 27.0. The van der Waals surface area contributed by atoms with E-state index >= 15 is 0 Å². The summed E-state index contributed by atoms with van der Waals surface area (Å²) < 4.78 is 87.5. The summed E-state index contributed by atoms with van der Waals surface area (Å²) >= 11 is 0.727. The van der Waals surface area contributed by atoms with Crippen LogP contribution < -0.4 is 227 Å². The minimum absolute atomic E-state index is 0. The van der Waals surface area contributed by atoms with E-state index in [1.165, 1.54) is 43.1 Å². The molecule has 1 unspecified atom stereocenters. The zero-order chi connectivity index (χ0) is 40.9. The van der Waals surface area contributed by atoms with Gasteiger partial charge in [0.15, 0.2) is 0 Å². The Kier molecular flexibility index (Phi) is 27.0. The van der Waals surface area contributed by atoms with Gasteiger partial charge in [0.05, 0.1) is 56.5 Å². The summed E-state index contributed by atoms with van der Waals surface area (Å²) in [4.78, 5) is 26.6. The largest absolute Gasteiger partial charge is 1.00 e. The number of hydrogen-bond donors (Lipinski definition) is 2. The number of anilines is 1. The first-order chi connectivity index (χ1) is 26.4. The van der Waals surface area contributed by atoms with Crippen molar-refractivity contribution < 1.29 is 280 Å². The zero-order valence-corrected chi connectivity index (χ0v) is 48.2. The Morgan fingerprint density at radius 3 is 1.98 bits per heavy atom.